The molecule has 1 unspecified atom stereocenters. The van der Waals surface area contributed by atoms with Gasteiger partial charge in [0.25, 0.3) is 0 Å². The zero-order chi connectivity index (χ0) is 15.9. The largest absolute Gasteiger partial charge is 0.467 e. The molecule has 21 heavy (non-hydrogen) atoms. The van der Waals surface area contributed by atoms with Crippen molar-refractivity contribution in [2.75, 3.05) is 20.2 Å². The van der Waals surface area contributed by atoms with E-state index in [2.05, 4.69) is 15.3 Å². The summed E-state index contributed by atoms with van der Waals surface area (Å²) in [5.41, 5.74) is 10.4. The minimum absolute atomic E-state index is 0.335. The van der Waals surface area contributed by atoms with Gasteiger partial charge in [-0.25, -0.2) is 4.79 Å². The van der Waals surface area contributed by atoms with Gasteiger partial charge in [-0.2, -0.15) is 0 Å². The van der Waals surface area contributed by atoms with Crippen LogP contribution in [0.1, 0.15) is 30.0 Å². The molecule has 0 radical (unpaired) electrons. The number of carbonyl (C=O) groups excluding carboxylic acids is 1. The number of nitrogens with zero attached hydrogens (tertiary/aromatic N) is 3. The quantitative estimate of drug-likeness (QED) is 0.275. The average Bonchev–Trinajstić information content (AvgIpc) is 2.45. The van der Waals surface area contributed by atoms with Gasteiger partial charge in [0, 0.05) is 11.5 Å². The second kappa shape index (κ2) is 7.67. The highest BCUT2D eigenvalue weighted by Gasteiger charge is 2.36. The predicted molar refractivity (Wildman–Crippen MR) is 81.9 cm³/mol. The van der Waals surface area contributed by atoms with Gasteiger partial charge in [-0.3, -0.25) is 5.32 Å². The standard InChI is InChI=1S/C15H22N4O2/c1-11-6-7-13(12(2)10-11)15(3,14(20)21-4)17-8-5-9-18-19-16/h6-7,10,17H,5,8-9H2,1-4H3. The van der Waals surface area contributed by atoms with Crippen LogP contribution in [-0.2, 0) is 15.1 Å². The molecule has 0 bridgehead atoms. The lowest BCUT2D eigenvalue weighted by Crippen LogP contribution is -2.48. The van der Waals surface area contributed by atoms with Crippen LogP contribution in [0.5, 0.6) is 0 Å². The molecule has 6 heteroatoms. The molecule has 0 spiro atoms. The fourth-order valence-electron chi connectivity index (χ4n) is 2.39. The first-order valence-corrected chi connectivity index (χ1v) is 6.87. The lowest BCUT2D eigenvalue weighted by molar-refractivity contribution is -0.148. The maximum Gasteiger partial charge on any atom is 0.330 e. The van der Waals surface area contributed by atoms with Crippen molar-refractivity contribution in [1.29, 1.82) is 0 Å². The van der Waals surface area contributed by atoms with Crippen molar-refractivity contribution in [2.45, 2.75) is 32.7 Å². The molecule has 0 saturated carbocycles. The number of ether oxygens (including phenoxy) is 1. The van der Waals surface area contributed by atoms with Gasteiger partial charge in [0.2, 0.25) is 0 Å². The Labute approximate surface area is 125 Å². The SMILES string of the molecule is COC(=O)C(C)(NCCCN=[N+]=[N-])c1ccc(C)cc1C. The number of rotatable bonds is 7. The Hall–Kier alpha value is -2.04. The Bertz CT molecular complexity index is 553. The van der Waals surface area contributed by atoms with E-state index in [4.69, 9.17) is 10.3 Å². The number of nitrogens with one attached hydrogen (secondary N) is 1. The first-order valence-electron chi connectivity index (χ1n) is 6.87. The number of carbonyl (C=O) groups is 1. The smallest absolute Gasteiger partial charge is 0.330 e. The highest BCUT2D eigenvalue weighted by Crippen LogP contribution is 2.26. The van der Waals surface area contributed by atoms with Crippen LogP contribution in [0.15, 0.2) is 23.3 Å². The van der Waals surface area contributed by atoms with Crippen LogP contribution >= 0.6 is 0 Å². The normalized spacial score (nSPS) is 13.1. The monoisotopic (exact) mass is 290 g/mol. The van der Waals surface area contributed by atoms with Crippen LogP contribution in [0, 0.1) is 13.8 Å². The van der Waals surface area contributed by atoms with Crippen LogP contribution in [-0.4, -0.2) is 26.2 Å². The summed E-state index contributed by atoms with van der Waals surface area (Å²) in [5, 5.41) is 6.71. The first-order chi connectivity index (χ1) is 9.95. The maximum atomic E-state index is 12.2. The predicted octanol–water partition coefficient (Wildman–Crippen LogP) is 2.98. The fraction of sp³-hybridized carbons (Fsp3) is 0.533. The van der Waals surface area contributed by atoms with E-state index in [1.165, 1.54) is 7.11 Å². The minimum Gasteiger partial charge on any atom is -0.467 e. The van der Waals surface area contributed by atoms with Crippen LogP contribution in [0.4, 0.5) is 0 Å². The van der Waals surface area contributed by atoms with Crippen molar-refractivity contribution in [3.05, 3.63) is 45.3 Å². The van der Waals surface area contributed by atoms with Crippen LogP contribution < -0.4 is 5.32 Å². The number of azide groups is 1. The number of methoxy groups -OCH3 is 1. The Balaban J connectivity index is 2.97. The third kappa shape index (κ3) is 4.21. The maximum absolute atomic E-state index is 12.2. The molecule has 1 aromatic rings. The number of hydrogen-bond acceptors (Lipinski definition) is 4. The summed E-state index contributed by atoms with van der Waals surface area (Å²) in [6.07, 6.45) is 0.654. The average molecular weight is 290 g/mol. The van der Waals surface area contributed by atoms with E-state index < -0.39 is 5.54 Å². The second-order valence-electron chi connectivity index (χ2n) is 5.17. The van der Waals surface area contributed by atoms with Crippen molar-refractivity contribution in [1.82, 2.24) is 5.32 Å². The summed E-state index contributed by atoms with van der Waals surface area (Å²) in [6.45, 7) is 6.75. The van der Waals surface area contributed by atoms with Crippen molar-refractivity contribution < 1.29 is 9.53 Å². The Morgan fingerprint density at radius 2 is 2.19 bits per heavy atom. The first kappa shape index (κ1) is 17.0. The van der Waals surface area contributed by atoms with Gasteiger partial charge in [0.15, 0.2) is 0 Å². The van der Waals surface area contributed by atoms with Gasteiger partial charge in [0.05, 0.1) is 7.11 Å². The third-order valence-electron chi connectivity index (χ3n) is 3.49. The van der Waals surface area contributed by atoms with E-state index in [9.17, 15) is 4.79 Å². The van der Waals surface area contributed by atoms with Crippen molar-refractivity contribution >= 4 is 5.97 Å². The molecule has 0 aliphatic carbocycles. The number of esters is 1. The summed E-state index contributed by atoms with van der Waals surface area (Å²) in [6, 6.07) is 5.96. The highest BCUT2D eigenvalue weighted by atomic mass is 16.5. The van der Waals surface area contributed by atoms with Crippen LogP contribution in [0.3, 0.4) is 0 Å². The van der Waals surface area contributed by atoms with E-state index in [-0.39, 0.29) is 5.97 Å². The molecule has 6 nitrogen and oxygen atoms in total. The second-order valence-corrected chi connectivity index (χ2v) is 5.17. The van der Waals surface area contributed by atoms with E-state index in [1.54, 1.807) is 0 Å². The van der Waals surface area contributed by atoms with Gasteiger partial charge in [-0.15, -0.1) is 0 Å². The van der Waals surface area contributed by atoms with Gasteiger partial charge >= 0.3 is 5.97 Å². The van der Waals surface area contributed by atoms with Crippen LogP contribution in [0.2, 0.25) is 0 Å². The fourth-order valence-corrected chi connectivity index (χ4v) is 2.39. The lowest BCUT2D eigenvalue weighted by atomic mass is 9.87. The molecule has 114 valence electrons. The number of benzene rings is 1. The molecule has 0 saturated heterocycles. The summed E-state index contributed by atoms with van der Waals surface area (Å²) in [7, 11) is 1.38. The van der Waals surface area contributed by atoms with Crippen molar-refractivity contribution in [2.24, 2.45) is 5.11 Å². The topological polar surface area (TPSA) is 87.1 Å². The lowest BCUT2D eigenvalue weighted by Gasteiger charge is -2.30. The van der Waals surface area contributed by atoms with Crippen LogP contribution in [0.25, 0.3) is 10.4 Å². The Kier molecular flexibility index (Phi) is 6.21. The minimum atomic E-state index is -0.914. The zero-order valence-electron chi connectivity index (χ0n) is 13.0. The highest BCUT2D eigenvalue weighted by molar-refractivity contribution is 5.82. The zero-order valence-corrected chi connectivity index (χ0v) is 13.0. The molecule has 0 aliphatic heterocycles. The molecule has 0 amide bonds. The molecule has 0 heterocycles. The van der Waals surface area contributed by atoms with Gasteiger partial charge in [0.1, 0.15) is 5.54 Å². The molecular formula is C15H22N4O2. The van der Waals surface area contributed by atoms with Crippen molar-refractivity contribution in [3.63, 3.8) is 0 Å². The molecule has 0 fully saturated rings. The summed E-state index contributed by atoms with van der Waals surface area (Å²) < 4.78 is 4.95. The van der Waals surface area contributed by atoms with Gasteiger partial charge < -0.3 is 4.74 Å². The summed E-state index contributed by atoms with van der Waals surface area (Å²) >= 11 is 0. The van der Waals surface area contributed by atoms with E-state index in [0.29, 0.717) is 19.5 Å². The van der Waals surface area contributed by atoms with Gasteiger partial charge in [-0.1, -0.05) is 28.9 Å². The van der Waals surface area contributed by atoms with Crippen molar-refractivity contribution in [3.8, 4) is 0 Å². The van der Waals surface area contributed by atoms with Gasteiger partial charge in [-0.05, 0) is 50.4 Å². The molecular weight excluding hydrogens is 268 g/mol. The summed E-state index contributed by atoms with van der Waals surface area (Å²) in [4.78, 5) is 14.9. The molecule has 0 aromatic heterocycles. The Morgan fingerprint density at radius 1 is 1.48 bits per heavy atom. The molecule has 0 aliphatic rings. The summed E-state index contributed by atoms with van der Waals surface area (Å²) in [5.74, 6) is -0.335. The molecule has 1 rings (SSSR count). The molecule has 1 atom stereocenters. The number of aryl methyl sites for hydroxylation is 2. The Morgan fingerprint density at radius 3 is 2.76 bits per heavy atom. The number of hydrogen-bond donors (Lipinski definition) is 1. The third-order valence-corrected chi connectivity index (χ3v) is 3.49. The molecule has 1 N–H and O–H groups in total. The van der Waals surface area contributed by atoms with E-state index in [1.807, 2.05) is 39.0 Å². The van der Waals surface area contributed by atoms with E-state index in [0.717, 1.165) is 16.7 Å². The van der Waals surface area contributed by atoms with E-state index >= 15 is 0 Å². The molecule has 1 aromatic carbocycles.